The maximum Gasteiger partial charge on any atom is 0.328 e. The highest BCUT2D eigenvalue weighted by molar-refractivity contribution is 9.09. The second kappa shape index (κ2) is 15.4. The lowest BCUT2D eigenvalue weighted by Gasteiger charge is -2.25. The average Bonchev–Trinajstić information content (AvgIpc) is 2.69. The molecule has 11 heteroatoms. The fraction of sp³-hybridized carbons (Fsp3) is 0.810. The largest absolute Gasteiger partial charge is 0.464 e. The molecule has 0 saturated carbocycles. The Morgan fingerprint density at radius 3 is 2.09 bits per heavy atom. The predicted octanol–water partition coefficient (Wildman–Crippen LogP) is 1.52. The minimum absolute atomic E-state index is 0.0732. The predicted molar refractivity (Wildman–Crippen MR) is 132 cm³/mol. The van der Waals surface area contributed by atoms with Crippen molar-refractivity contribution in [3.63, 3.8) is 0 Å². The van der Waals surface area contributed by atoms with E-state index in [1.807, 2.05) is 0 Å². The lowest BCUT2D eigenvalue weighted by molar-refractivity contribution is -0.148. The van der Waals surface area contributed by atoms with Crippen LogP contribution in [0.1, 0.15) is 40.0 Å². The summed E-state index contributed by atoms with van der Waals surface area (Å²) in [6, 6.07) is -1.63. The number of nitrogens with two attached hydrogens (primary N) is 1. The van der Waals surface area contributed by atoms with Gasteiger partial charge in [0, 0.05) is 8.07 Å². The topological polar surface area (TPSA) is 140 Å². The molecule has 9 nitrogen and oxygen atoms in total. The molecule has 0 spiro atoms. The van der Waals surface area contributed by atoms with Gasteiger partial charge < -0.3 is 26.4 Å². The maximum absolute atomic E-state index is 12.7. The van der Waals surface area contributed by atoms with Crippen molar-refractivity contribution in [1.29, 1.82) is 0 Å². The number of rotatable bonds is 15. The fourth-order valence-corrected chi connectivity index (χ4v) is 3.59. The number of ether oxygens (including phenoxy) is 1. The number of esters is 1. The number of nitrogens with one attached hydrogen (secondary N) is 3. The van der Waals surface area contributed by atoms with Gasteiger partial charge in [0.1, 0.15) is 18.1 Å². The quantitative estimate of drug-likeness (QED) is 0.108. The van der Waals surface area contributed by atoms with Crippen LogP contribution in [0.4, 0.5) is 0 Å². The van der Waals surface area contributed by atoms with Gasteiger partial charge in [-0.3, -0.25) is 14.4 Å². The van der Waals surface area contributed by atoms with E-state index in [-0.39, 0.29) is 17.2 Å². The van der Waals surface area contributed by atoms with Gasteiger partial charge in [0.25, 0.3) is 0 Å². The Balaban J connectivity index is 5.02. The van der Waals surface area contributed by atoms with Crippen molar-refractivity contribution in [2.24, 2.45) is 11.7 Å². The third-order valence-corrected chi connectivity index (χ3v) is 7.00. The van der Waals surface area contributed by atoms with Gasteiger partial charge in [0.05, 0.1) is 11.9 Å². The Morgan fingerprint density at radius 1 is 0.969 bits per heavy atom. The van der Waals surface area contributed by atoms with Crippen LogP contribution < -0.4 is 21.7 Å². The molecule has 5 N–H and O–H groups in total. The summed E-state index contributed by atoms with van der Waals surface area (Å²) in [6.45, 7) is 12.5. The Labute approximate surface area is 201 Å². The molecule has 0 aliphatic rings. The average molecular weight is 538 g/mol. The number of alkyl halides is 1. The Kier molecular flexibility index (Phi) is 14.7. The molecule has 32 heavy (non-hydrogen) atoms. The maximum atomic E-state index is 12.7. The van der Waals surface area contributed by atoms with Crippen LogP contribution in [-0.2, 0) is 23.9 Å². The zero-order valence-electron chi connectivity index (χ0n) is 20.3. The van der Waals surface area contributed by atoms with Gasteiger partial charge in [-0.2, -0.15) is 0 Å². The first kappa shape index (κ1) is 30.5. The Hall–Kier alpha value is -1.46. The second-order valence-electron chi connectivity index (χ2n) is 9.48. The van der Waals surface area contributed by atoms with Crippen LogP contribution in [0.3, 0.4) is 0 Å². The van der Waals surface area contributed by atoms with Crippen molar-refractivity contribution in [2.45, 2.75) is 83.8 Å². The first-order chi connectivity index (χ1) is 14.8. The van der Waals surface area contributed by atoms with E-state index in [0.29, 0.717) is 26.0 Å². The van der Waals surface area contributed by atoms with Gasteiger partial charge in [-0.25, -0.2) is 4.79 Å². The van der Waals surface area contributed by atoms with Gasteiger partial charge >= 0.3 is 5.97 Å². The molecule has 0 aromatic rings. The third kappa shape index (κ3) is 13.2. The van der Waals surface area contributed by atoms with Gasteiger partial charge in [0.2, 0.25) is 17.7 Å². The molecule has 186 valence electrons. The molecule has 0 bridgehead atoms. The minimum atomic E-state index is -1.35. The molecule has 0 aromatic heterocycles. The molecule has 0 radical (unpaired) electrons. The van der Waals surface area contributed by atoms with Crippen molar-refractivity contribution >= 4 is 47.7 Å². The fourth-order valence-electron chi connectivity index (χ4n) is 2.71. The monoisotopic (exact) mass is 536 g/mol. The first-order valence-corrected chi connectivity index (χ1v) is 16.0. The molecule has 0 rings (SSSR count). The van der Waals surface area contributed by atoms with E-state index in [4.69, 9.17) is 10.5 Å². The van der Waals surface area contributed by atoms with Crippen LogP contribution in [0, 0.1) is 5.92 Å². The molecular formula is C21H41BrN4O5Si. The van der Waals surface area contributed by atoms with E-state index in [1.165, 1.54) is 6.92 Å². The van der Waals surface area contributed by atoms with E-state index >= 15 is 0 Å². The second-order valence-corrected chi connectivity index (χ2v) is 15.7. The summed E-state index contributed by atoms with van der Waals surface area (Å²) >= 11 is 3.05. The summed E-state index contributed by atoms with van der Waals surface area (Å²) in [5.41, 5.74) is 5.54. The molecule has 0 fully saturated rings. The smallest absolute Gasteiger partial charge is 0.328 e. The summed E-state index contributed by atoms with van der Waals surface area (Å²) in [6.07, 6.45) is 1.80. The molecule has 0 saturated heterocycles. The van der Waals surface area contributed by atoms with Crippen molar-refractivity contribution < 1.29 is 23.9 Å². The Bertz CT molecular complexity index is 628. The standard InChI is InChI=1S/C21H41BrN4O5Si/c1-14(2)18(26-17(27)13-22)20(29)24-15(3)19(28)25-16(9-7-8-10-23)21(30)31-11-12-32(4,5)6/h14-16,18H,7-13,23H2,1-6H3,(H,24,29)(H,25,28)(H,26,27)/t15-,16-,18-/m0/s1. The summed E-state index contributed by atoms with van der Waals surface area (Å²) in [7, 11) is -1.35. The van der Waals surface area contributed by atoms with Crippen LogP contribution in [0.15, 0.2) is 0 Å². The molecule has 0 heterocycles. The molecule has 3 atom stereocenters. The van der Waals surface area contributed by atoms with Gasteiger partial charge in [-0.15, -0.1) is 0 Å². The van der Waals surface area contributed by atoms with Crippen molar-refractivity contribution in [1.82, 2.24) is 16.0 Å². The number of amides is 3. The highest BCUT2D eigenvalue weighted by atomic mass is 79.9. The summed E-state index contributed by atoms with van der Waals surface area (Å²) in [5.74, 6) is -1.92. The van der Waals surface area contributed by atoms with E-state index in [2.05, 4.69) is 51.5 Å². The molecular weight excluding hydrogens is 496 g/mol. The molecule has 3 amide bonds. The van der Waals surface area contributed by atoms with Crippen LogP contribution in [0.5, 0.6) is 0 Å². The molecule has 0 aromatic carbocycles. The number of hydrogen-bond donors (Lipinski definition) is 4. The zero-order chi connectivity index (χ0) is 24.9. The van der Waals surface area contributed by atoms with Crippen molar-refractivity contribution in [3.8, 4) is 0 Å². The summed E-state index contributed by atoms with van der Waals surface area (Å²) in [5, 5.41) is 8.01. The van der Waals surface area contributed by atoms with E-state index in [9.17, 15) is 19.2 Å². The molecule has 0 unspecified atom stereocenters. The number of hydrogen-bond acceptors (Lipinski definition) is 6. The lowest BCUT2D eigenvalue weighted by atomic mass is 10.0. The van der Waals surface area contributed by atoms with Crippen LogP contribution in [0.25, 0.3) is 0 Å². The molecule has 0 aliphatic carbocycles. The van der Waals surface area contributed by atoms with Gasteiger partial charge in [-0.05, 0) is 44.7 Å². The molecule has 0 aliphatic heterocycles. The van der Waals surface area contributed by atoms with Gasteiger partial charge in [-0.1, -0.05) is 49.4 Å². The summed E-state index contributed by atoms with van der Waals surface area (Å²) < 4.78 is 5.41. The number of carbonyl (C=O) groups excluding carboxylic acids is 4. The Morgan fingerprint density at radius 2 is 1.59 bits per heavy atom. The van der Waals surface area contributed by atoms with Gasteiger partial charge in [0.15, 0.2) is 0 Å². The van der Waals surface area contributed by atoms with E-state index in [0.717, 1.165) is 12.5 Å². The van der Waals surface area contributed by atoms with Crippen molar-refractivity contribution in [3.05, 3.63) is 0 Å². The number of halogens is 1. The lowest BCUT2D eigenvalue weighted by Crippen LogP contribution is -2.56. The van der Waals surface area contributed by atoms with Crippen LogP contribution in [0.2, 0.25) is 25.7 Å². The third-order valence-electron chi connectivity index (χ3n) is 4.78. The van der Waals surface area contributed by atoms with Crippen LogP contribution in [-0.4, -0.2) is 68.4 Å². The normalized spacial score (nSPS) is 14.3. The van der Waals surface area contributed by atoms with E-state index < -0.39 is 44.0 Å². The van der Waals surface area contributed by atoms with Crippen molar-refractivity contribution in [2.75, 3.05) is 18.5 Å². The number of carbonyl (C=O) groups is 4. The SMILES string of the molecule is CC(C)[C@H](NC(=O)CBr)C(=O)N[C@@H](C)C(=O)N[C@@H](CCCCN)C(=O)OCC[Si](C)(C)C. The first-order valence-electron chi connectivity index (χ1n) is 11.1. The number of unbranched alkanes of at least 4 members (excludes halogenated alkanes) is 1. The van der Waals surface area contributed by atoms with Crippen LogP contribution >= 0.6 is 15.9 Å². The summed E-state index contributed by atoms with van der Waals surface area (Å²) in [4.78, 5) is 49.5. The highest BCUT2D eigenvalue weighted by Gasteiger charge is 2.29. The minimum Gasteiger partial charge on any atom is -0.464 e. The zero-order valence-corrected chi connectivity index (χ0v) is 22.8. The highest BCUT2D eigenvalue weighted by Crippen LogP contribution is 2.10. The van der Waals surface area contributed by atoms with E-state index in [1.54, 1.807) is 13.8 Å².